The molecule has 2 nitrogen and oxygen atoms in total. The highest BCUT2D eigenvalue weighted by Crippen LogP contribution is 2.39. The van der Waals surface area contributed by atoms with Crippen LogP contribution in [0.1, 0.15) is 78.6 Å². The molecule has 2 heteroatoms. The van der Waals surface area contributed by atoms with Gasteiger partial charge in [-0.2, -0.15) is 0 Å². The van der Waals surface area contributed by atoms with Gasteiger partial charge in [-0.1, -0.05) is 39.5 Å². The van der Waals surface area contributed by atoms with Crippen molar-refractivity contribution in [2.45, 2.75) is 90.3 Å². The fraction of sp³-hybridized carbons (Fsp3) is 1.00. The van der Waals surface area contributed by atoms with Gasteiger partial charge in [-0.15, -0.1) is 0 Å². The number of rotatable bonds is 11. The average Bonchev–Trinajstić information content (AvgIpc) is 2.32. The molecule has 108 valence electrons. The van der Waals surface area contributed by atoms with Gasteiger partial charge >= 0.3 is 0 Å². The van der Waals surface area contributed by atoms with Gasteiger partial charge in [-0.05, 0) is 52.1 Å². The standard InChI is InChI=1S/C16H33NO/c1-4-6-7-8-10-15(3)18-16(11-9-12-16)13-14-17-5-2/h15,17H,4-14H2,1-3H3. The quantitative estimate of drug-likeness (QED) is 0.556. The van der Waals surface area contributed by atoms with E-state index in [0.717, 1.165) is 13.1 Å². The Morgan fingerprint density at radius 2 is 1.94 bits per heavy atom. The van der Waals surface area contributed by atoms with E-state index in [1.54, 1.807) is 0 Å². The lowest BCUT2D eigenvalue weighted by Gasteiger charge is -2.44. The van der Waals surface area contributed by atoms with Crippen LogP contribution in [0.4, 0.5) is 0 Å². The summed E-state index contributed by atoms with van der Waals surface area (Å²) >= 11 is 0. The number of unbranched alkanes of at least 4 members (excludes halogenated alkanes) is 3. The van der Waals surface area contributed by atoms with Crippen LogP contribution in [0.25, 0.3) is 0 Å². The van der Waals surface area contributed by atoms with Crippen LogP contribution in [0, 0.1) is 0 Å². The van der Waals surface area contributed by atoms with E-state index >= 15 is 0 Å². The zero-order chi connectivity index (χ0) is 13.3. The zero-order valence-corrected chi connectivity index (χ0v) is 12.8. The molecular weight excluding hydrogens is 222 g/mol. The molecule has 0 heterocycles. The van der Waals surface area contributed by atoms with Crippen molar-refractivity contribution in [3.8, 4) is 0 Å². The Labute approximate surface area is 114 Å². The fourth-order valence-corrected chi connectivity index (χ4v) is 2.84. The summed E-state index contributed by atoms with van der Waals surface area (Å²) in [5.41, 5.74) is 0.229. The Balaban J connectivity index is 2.16. The van der Waals surface area contributed by atoms with Crippen LogP contribution < -0.4 is 5.32 Å². The molecule has 1 atom stereocenters. The smallest absolute Gasteiger partial charge is 0.0698 e. The summed E-state index contributed by atoms with van der Waals surface area (Å²) in [7, 11) is 0. The minimum atomic E-state index is 0.229. The molecule has 1 saturated carbocycles. The predicted octanol–water partition coefficient (Wildman–Crippen LogP) is 4.28. The van der Waals surface area contributed by atoms with Crippen molar-refractivity contribution < 1.29 is 4.74 Å². The zero-order valence-electron chi connectivity index (χ0n) is 12.8. The van der Waals surface area contributed by atoms with Gasteiger partial charge in [0.25, 0.3) is 0 Å². The first-order chi connectivity index (χ1) is 8.72. The van der Waals surface area contributed by atoms with Gasteiger partial charge < -0.3 is 10.1 Å². The third kappa shape index (κ3) is 5.71. The van der Waals surface area contributed by atoms with Gasteiger partial charge in [-0.25, -0.2) is 0 Å². The van der Waals surface area contributed by atoms with Crippen LogP contribution in [-0.2, 0) is 4.74 Å². The maximum Gasteiger partial charge on any atom is 0.0698 e. The topological polar surface area (TPSA) is 21.3 Å². The van der Waals surface area contributed by atoms with Gasteiger partial charge in [0.05, 0.1) is 11.7 Å². The van der Waals surface area contributed by atoms with E-state index in [1.807, 2.05) is 0 Å². The second kappa shape index (κ2) is 8.92. The lowest BCUT2D eigenvalue weighted by Crippen LogP contribution is -2.44. The Morgan fingerprint density at radius 1 is 1.17 bits per heavy atom. The second-order valence-corrected chi connectivity index (χ2v) is 5.92. The Bertz CT molecular complexity index is 201. The van der Waals surface area contributed by atoms with E-state index in [-0.39, 0.29) is 5.60 Å². The first-order valence-corrected chi connectivity index (χ1v) is 8.11. The SMILES string of the molecule is CCCCCCC(C)OC1(CCNCC)CCC1. The fourth-order valence-electron chi connectivity index (χ4n) is 2.84. The third-order valence-corrected chi connectivity index (χ3v) is 4.19. The van der Waals surface area contributed by atoms with Crippen LogP contribution >= 0.6 is 0 Å². The monoisotopic (exact) mass is 255 g/mol. The van der Waals surface area contributed by atoms with E-state index in [0.29, 0.717) is 6.10 Å². The number of hydrogen-bond donors (Lipinski definition) is 1. The van der Waals surface area contributed by atoms with E-state index in [1.165, 1.54) is 57.8 Å². The Morgan fingerprint density at radius 3 is 2.50 bits per heavy atom. The molecule has 1 rings (SSSR count). The molecule has 0 aromatic carbocycles. The van der Waals surface area contributed by atoms with Gasteiger partial charge in [-0.3, -0.25) is 0 Å². The molecular formula is C16H33NO. The summed E-state index contributed by atoms with van der Waals surface area (Å²) < 4.78 is 6.36. The highest BCUT2D eigenvalue weighted by Gasteiger charge is 2.38. The molecule has 1 fully saturated rings. The van der Waals surface area contributed by atoms with Crippen molar-refractivity contribution in [2.75, 3.05) is 13.1 Å². The molecule has 0 saturated heterocycles. The van der Waals surface area contributed by atoms with E-state index in [9.17, 15) is 0 Å². The highest BCUT2D eigenvalue weighted by atomic mass is 16.5. The minimum absolute atomic E-state index is 0.229. The summed E-state index contributed by atoms with van der Waals surface area (Å²) in [6, 6.07) is 0. The normalized spacial score (nSPS) is 19.5. The molecule has 0 bridgehead atoms. The van der Waals surface area contributed by atoms with Crippen molar-refractivity contribution in [1.29, 1.82) is 0 Å². The molecule has 0 radical (unpaired) electrons. The average molecular weight is 255 g/mol. The molecule has 1 unspecified atom stereocenters. The van der Waals surface area contributed by atoms with Gasteiger partial charge in [0, 0.05) is 0 Å². The molecule has 0 spiro atoms. The number of ether oxygens (including phenoxy) is 1. The minimum Gasteiger partial charge on any atom is -0.372 e. The second-order valence-electron chi connectivity index (χ2n) is 5.92. The predicted molar refractivity (Wildman–Crippen MR) is 79.0 cm³/mol. The summed E-state index contributed by atoms with van der Waals surface area (Å²) in [5, 5.41) is 3.43. The van der Waals surface area contributed by atoms with E-state index < -0.39 is 0 Å². The van der Waals surface area contributed by atoms with Gasteiger partial charge in [0.15, 0.2) is 0 Å². The molecule has 0 aromatic rings. The summed E-state index contributed by atoms with van der Waals surface area (Å²) in [5.74, 6) is 0. The lowest BCUT2D eigenvalue weighted by atomic mass is 9.77. The molecule has 1 aliphatic rings. The highest BCUT2D eigenvalue weighted by molar-refractivity contribution is 4.91. The summed E-state index contributed by atoms with van der Waals surface area (Å²) in [4.78, 5) is 0. The Hall–Kier alpha value is -0.0800. The van der Waals surface area contributed by atoms with Crippen LogP contribution in [0.15, 0.2) is 0 Å². The van der Waals surface area contributed by atoms with E-state index in [4.69, 9.17) is 4.74 Å². The van der Waals surface area contributed by atoms with Crippen molar-refractivity contribution in [1.82, 2.24) is 5.32 Å². The number of hydrogen-bond acceptors (Lipinski definition) is 2. The Kier molecular flexibility index (Phi) is 7.92. The first-order valence-electron chi connectivity index (χ1n) is 8.11. The summed E-state index contributed by atoms with van der Waals surface area (Å²) in [6.07, 6.45) is 12.2. The molecule has 0 amide bonds. The molecule has 1 N–H and O–H groups in total. The first kappa shape index (κ1) is 16.0. The lowest BCUT2D eigenvalue weighted by molar-refractivity contribution is -0.139. The molecule has 0 aliphatic heterocycles. The van der Waals surface area contributed by atoms with Gasteiger partial charge in [0.1, 0.15) is 0 Å². The van der Waals surface area contributed by atoms with Crippen LogP contribution in [0.2, 0.25) is 0 Å². The van der Waals surface area contributed by atoms with Crippen molar-refractivity contribution >= 4 is 0 Å². The third-order valence-electron chi connectivity index (χ3n) is 4.19. The van der Waals surface area contributed by atoms with E-state index in [2.05, 4.69) is 26.1 Å². The number of nitrogens with one attached hydrogen (secondary N) is 1. The largest absolute Gasteiger partial charge is 0.372 e. The van der Waals surface area contributed by atoms with Crippen molar-refractivity contribution in [3.63, 3.8) is 0 Å². The van der Waals surface area contributed by atoms with Crippen LogP contribution in [-0.4, -0.2) is 24.8 Å². The van der Waals surface area contributed by atoms with Crippen LogP contribution in [0.3, 0.4) is 0 Å². The molecule has 0 aromatic heterocycles. The maximum atomic E-state index is 6.36. The van der Waals surface area contributed by atoms with Crippen molar-refractivity contribution in [2.24, 2.45) is 0 Å². The van der Waals surface area contributed by atoms with Crippen LogP contribution in [0.5, 0.6) is 0 Å². The van der Waals surface area contributed by atoms with Crippen molar-refractivity contribution in [3.05, 3.63) is 0 Å². The van der Waals surface area contributed by atoms with Gasteiger partial charge in [0.2, 0.25) is 0 Å². The summed E-state index contributed by atoms with van der Waals surface area (Å²) in [6.45, 7) is 8.88. The molecule has 18 heavy (non-hydrogen) atoms. The molecule has 1 aliphatic carbocycles. The maximum absolute atomic E-state index is 6.36.